The first-order valence-electron chi connectivity index (χ1n) is 8.18. The van der Waals surface area contributed by atoms with Gasteiger partial charge in [-0.1, -0.05) is 64.7 Å². The van der Waals surface area contributed by atoms with Gasteiger partial charge < -0.3 is 4.79 Å². The normalized spacial score (nSPS) is 10.6. The van der Waals surface area contributed by atoms with Crippen molar-refractivity contribution in [1.29, 1.82) is 0 Å². The van der Waals surface area contributed by atoms with E-state index in [9.17, 15) is 9.59 Å². The van der Waals surface area contributed by atoms with Crippen LogP contribution in [0.2, 0.25) is 0 Å². The van der Waals surface area contributed by atoms with Crippen molar-refractivity contribution in [3.05, 3.63) is 0 Å². The Hall–Kier alpha value is -0.660. The van der Waals surface area contributed by atoms with Gasteiger partial charge in [-0.3, -0.25) is 4.79 Å². The average molecular weight is 268 g/mol. The molecular formula is C17H32O2. The molecule has 2 heteroatoms. The van der Waals surface area contributed by atoms with Gasteiger partial charge in [0.05, 0.1) is 0 Å². The van der Waals surface area contributed by atoms with Crippen LogP contribution in [-0.2, 0) is 9.59 Å². The first-order chi connectivity index (χ1) is 9.16. The van der Waals surface area contributed by atoms with Gasteiger partial charge in [0.1, 0.15) is 11.6 Å². The number of carbonyl (C=O) groups is 2. The van der Waals surface area contributed by atoms with Crippen LogP contribution in [0.4, 0.5) is 0 Å². The highest BCUT2D eigenvalue weighted by atomic mass is 16.1. The first-order valence-corrected chi connectivity index (χ1v) is 8.18. The lowest BCUT2D eigenvalue weighted by molar-refractivity contribution is -0.123. The molecule has 0 unspecified atom stereocenters. The van der Waals surface area contributed by atoms with Crippen LogP contribution in [0.3, 0.4) is 0 Å². The fourth-order valence-electron chi connectivity index (χ4n) is 2.25. The molecule has 0 aromatic carbocycles. The molecule has 0 N–H and O–H groups in total. The summed E-state index contributed by atoms with van der Waals surface area (Å²) in [5, 5.41) is 0. The molecule has 0 heterocycles. The lowest BCUT2D eigenvalue weighted by Crippen LogP contribution is -2.01. The second-order valence-corrected chi connectivity index (χ2v) is 5.67. The molecule has 0 amide bonds. The van der Waals surface area contributed by atoms with Crippen molar-refractivity contribution in [2.75, 3.05) is 0 Å². The highest BCUT2D eigenvalue weighted by molar-refractivity contribution is 5.84. The third-order valence-electron chi connectivity index (χ3n) is 3.57. The fraction of sp³-hybridized carbons (Fsp3) is 0.882. The number of rotatable bonds is 14. The maximum atomic E-state index is 11.4. The van der Waals surface area contributed by atoms with Crippen LogP contribution in [0.25, 0.3) is 0 Å². The molecule has 19 heavy (non-hydrogen) atoms. The van der Waals surface area contributed by atoms with Crippen molar-refractivity contribution < 1.29 is 9.59 Å². The number of ketones is 2. The van der Waals surface area contributed by atoms with E-state index in [1.807, 2.05) is 0 Å². The van der Waals surface area contributed by atoms with E-state index in [0.717, 1.165) is 6.42 Å². The van der Waals surface area contributed by atoms with Gasteiger partial charge in [-0.25, -0.2) is 0 Å². The molecule has 0 aromatic rings. The molecule has 0 bridgehead atoms. The minimum absolute atomic E-state index is 0.122. The second kappa shape index (κ2) is 13.8. The summed E-state index contributed by atoms with van der Waals surface area (Å²) in [6.45, 7) is 3.80. The quantitative estimate of drug-likeness (QED) is 0.404. The topological polar surface area (TPSA) is 34.1 Å². The Morgan fingerprint density at radius 3 is 1.58 bits per heavy atom. The van der Waals surface area contributed by atoms with Crippen LogP contribution in [0.5, 0.6) is 0 Å². The molecular weight excluding hydrogens is 236 g/mol. The van der Waals surface area contributed by atoms with E-state index in [4.69, 9.17) is 0 Å². The van der Waals surface area contributed by atoms with Crippen LogP contribution in [0.15, 0.2) is 0 Å². The van der Waals surface area contributed by atoms with E-state index >= 15 is 0 Å². The maximum Gasteiger partial charge on any atom is 0.133 e. The smallest absolute Gasteiger partial charge is 0.133 e. The van der Waals surface area contributed by atoms with E-state index in [2.05, 4.69) is 6.92 Å². The summed E-state index contributed by atoms with van der Waals surface area (Å²) in [5.41, 5.74) is 0. The molecule has 0 radical (unpaired) electrons. The summed E-state index contributed by atoms with van der Waals surface area (Å²) in [7, 11) is 0. The Morgan fingerprint density at radius 2 is 1.11 bits per heavy atom. The Labute approximate surface area is 119 Å². The molecule has 0 spiro atoms. The van der Waals surface area contributed by atoms with Gasteiger partial charge in [0, 0.05) is 19.3 Å². The van der Waals surface area contributed by atoms with Crippen LogP contribution in [0.1, 0.15) is 97.3 Å². The van der Waals surface area contributed by atoms with Gasteiger partial charge in [-0.05, 0) is 13.3 Å². The van der Waals surface area contributed by atoms with Crippen molar-refractivity contribution in [3.8, 4) is 0 Å². The first kappa shape index (κ1) is 18.3. The predicted octanol–water partition coefficient (Wildman–Crippen LogP) is 5.24. The summed E-state index contributed by atoms with van der Waals surface area (Å²) in [4.78, 5) is 22.2. The van der Waals surface area contributed by atoms with E-state index in [0.29, 0.717) is 19.3 Å². The Balaban J connectivity index is 3.13. The van der Waals surface area contributed by atoms with E-state index in [1.54, 1.807) is 6.92 Å². The van der Waals surface area contributed by atoms with Crippen LogP contribution in [-0.4, -0.2) is 11.6 Å². The number of hydrogen-bond acceptors (Lipinski definition) is 2. The fourth-order valence-corrected chi connectivity index (χ4v) is 2.25. The van der Waals surface area contributed by atoms with Gasteiger partial charge in [0.25, 0.3) is 0 Å². The number of carbonyl (C=O) groups excluding carboxylic acids is 2. The monoisotopic (exact) mass is 268 g/mol. The molecule has 0 saturated carbocycles. The highest BCUT2D eigenvalue weighted by Crippen LogP contribution is 2.11. The average Bonchev–Trinajstić information content (AvgIpc) is 2.38. The molecule has 0 aliphatic heterocycles. The third-order valence-corrected chi connectivity index (χ3v) is 3.57. The van der Waals surface area contributed by atoms with Crippen LogP contribution >= 0.6 is 0 Å². The van der Waals surface area contributed by atoms with Gasteiger partial charge in [0.15, 0.2) is 0 Å². The van der Waals surface area contributed by atoms with E-state index in [1.165, 1.54) is 57.8 Å². The summed E-state index contributed by atoms with van der Waals surface area (Å²) in [5.74, 6) is 0.381. The van der Waals surface area contributed by atoms with Crippen LogP contribution < -0.4 is 0 Å². The zero-order valence-corrected chi connectivity index (χ0v) is 13.0. The third kappa shape index (κ3) is 15.3. The molecule has 0 aliphatic carbocycles. The van der Waals surface area contributed by atoms with Crippen molar-refractivity contribution in [2.24, 2.45) is 0 Å². The zero-order chi connectivity index (χ0) is 14.3. The molecule has 0 rings (SSSR count). The zero-order valence-electron chi connectivity index (χ0n) is 13.0. The minimum atomic E-state index is 0.122. The molecule has 112 valence electrons. The maximum absolute atomic E-state index is 11.4. The molecule has 0 fully saturated rings. The van der Waals surface area contributed by atoms with Gasteiger partial charge in [-0.15, -0.1) is 0 Å². The second-order valence-electron chi connectivity index (χ2n) is 5.67. The highest BCUT2D eigenvalue weighted by Gasteiger charge is 2.03. The van der Waals surface area contributed by atoms with Crippen molar-refractivity contribution in [1.82, 2.24) is 0 Å². The lowest BCUT2D eigenvalue weighted by atomic mass is 10.0. The van der Waals surface area contributed by atoms with Gasteiger partial charge >= 0.3 is 0 Å². The molecule has 0 saturated heterocycles. The summed E-state index contributed by atoms with van der Waals surface area (Å²) in [6.07, 6.45) is 14.5. The Bertz CT molecular complexity index is 233. The number of Topliss-reactive ketones (excluding diaryl/α,β-unsaturated/α-hetero) is 2. The molecule has 2 nitrogen and oxygen atoms in total. The Morgan fingerprint density at radius 1 is 0.632 bits per heavy atom. The van der Waals surface area contributed by atoms with Gasteiger partial charge in [-0.2, -0.15) is 0 Å². The number of unbranched alkanes of at least 4 members (excludes halogenated alkanes) is 9. The SMILES string of the molecule is CCCCCCCCCCCCC(=O)CCC(C)=O. The number of hydrogen-bond donors (Lipinski definition) is 0. The molecule has 0 aliphatic rings. The summed E-state index contributed by atoms with van der Waals surface area (Å²) in [6, 6.07) is 0. The van der Waals surface area contributed by atoms with Crippen molar-refractivity contribution in [2.45, 2.75) is 97.3 Å². The summed E-state index contributed by atoms with van der Waals surface area (Å²) >= 11 is 0. The molecule has 0 aromatic heterocycles. The van der Waals surface area contributed by atoms with Gasteiger partial charge in [0.2, 0.25) is 0 Å². The molecule has 0 atom stereocenters. The Kier molecular flexibility index (Phi) is 13.3. The van der Waals surface area contributed by atoms with E-state index < -0.39 is 0 Å². The van der Waals surface area contributed by atoms with Crippen LogP contribution in [0, 0.1) is 0 Å². The van der Waals surface area contributed by atoms with Crippen molar-refractivity contribution >= 4 is 11.6 Å². The largest absolute Gasteiger partial charge is 0.300 e. The standard InChI is InChI=1S/C17H32O2/c1-3-4-5-6-7-8-9-10-11-12-13-17(19)15-14-16(2)18/h3-15H2,1-2H3. The predicted molar refractivity (Wildman–Crippen MR) is 81.4 cm³/mol. The van der Waals surface area contributed by atoms with E-state index in [-0.39, 0.29) is 11.6 Å². The minimum Gasteiger partial charge on any atom is -0.300 e. The lowest BCUT2D eigenvalue weighted by Gasteiger charge is -2.02. The summed E-state index contributed by atoms with van der Waals surface area (Å²) < 4.78 is 0. The van der Waals surface area contributed by atoms with Crippen molar-refractivity contribution in [3.63, 3.8) is 0 Å².